The maximum Gasteiger partial charge on any atom is 0.246 e. The monoisotopic (exact) mass is 402 g/mol. The van der Waals surface area contributed by atoms with E-state index in [-0.39, 0.29) is 5.91 Å². The molecule has 0 unspecified atom stereocenters. The molecule has 1 amide bonds. The van der Waals surface area contributed by atoms with Crippen molar-refractivity contribution in [2.24, 2.45) is 0 Å². The molecular weight excluding hydrogens is 376 g/mol. The second-order valence-corrected chi connectivity index (χ2v) is 8.93. The lowest BCUT2D eigenvalue weighted by atomic mass is 10.2. The van der Waals surface area contributed by atoms with Crippen molar-refractivity contribution in [3.8, 4) is 0 Å². The molecule has 1 aromatic heterocycles. The van der Waals surface area contributed by atoms with Gasteiger partial charge in [-0.05, 0) is 48.7 Å². The predicted octanol–water partition coefficient (Wildman–Crippen LogP) is 3.52. The van der Waals surface area contributed by atoms with Crippen LogP contribution in [0.1, 0.15) is 37.0 Å². The smallest absolute Gasteiger partial charge is 0.246 e. The highest BCUT2D eigenvalue weighted by Crippen LogP contribution is 2.21. The van der Waals surface area contributed by atoms with E-state index in [4.69, 9.17) is 4.42 Å². The Labute approximate surface area is 166 Å². The number of rotatable bonds is 6. The van der Waals surface area contributed by atoms with Crippen molar-refractivity contribution < 1.29 is 17.6 Å². The standard InChI is InChI=1S/C21H26N2O4S/c1-22(17-19-7-6-16-27-19)21(24)13-10-18-8-11-20(12-9-18)28(25,26)23-14-4-2-3-5-15-23/h6-13,16H,2-5,14-15,17H2,1H3. The van der Waals surface area contributed by atoms with Gasteiger partial charge in [-0.1, -0.05) is 25.0 Å². The average Bonchev–Trinajstić information content (AvgIpc) is 3.04. The lowest BCUT2D eigenvalue weighted by Gasteiger charge is -2.19. The number of hydrogen-bond acceptors (Lipinski definition) is 4. The number of carbonyl (C=O) groups excluding carboxylic acids is 1. The Kier molecular flexibility index (Phi) is 6.70. The van der Waals surface area contributed by atoms with Gasteiger partial charge in [0.2, 0.25) is 15.9 Å². The van der Waals surface area contributed by atoms with Crippen LogP contribution in [-0.4, -0.2) is 43.7 Å². The fourth-order valence-corrected chi connectivity index (χ4v) is 4.71. The summed E-state index contributed by atoms with van der Waals surface area (Å²) in [7, 11) is -1.75. The van der Waals surface area contributed by atoms with Crippen LogP contribution >= 0.6 is 0 Å². The van der Waals surface area contributed by atoms with E-state index in [9.17, 15) is 13.2 Å². The molecule has 2 heterocycles. The molecule has 3 rings (SSSR count). The number of hydrogen-bond donors (Lipinski definition) is 0. The first-order valence-corrected chi connectivity index (χ1v) is 11.0. The van der Waals surface area contributed by atoms with Crippen molar-refractivity contribution in [1.82, 2.24) is 9.21 Å². The van der Waals surface area contributed by atoms with Crippen LogP contribution in [-0.2, 0) is 21.4 Å². The summed E-state index contributed by atoms with van der Waals surface area (Å²) in [5, 5.41) is 0. The van der Waals surface area contributed by atoms with Gasteiger partial charge in [-0.3, -0.25) is 4.79 Å². The van der Waals surface area contributed by atoms with E-state index >= 15 is 0 Å². The quantitative estimate of drug-likeness (QED) is 0.693. The molecule has 6 nitrogen and oxygen atoms in total. The van der Waals surface area contributed by atoms with Gasteiger partial charge in [0.25, 0.3) is 0 Å². The molecular formula is C21H26N2O4S. The minimum atomic E-state index is -3.45. The highest BCUT2D eigenvalue weighted by atomic mass is 32.2. The molecule has 0 N–H and O–H groups in total. The molecule has 1 fully saturated rings. The van der Waals surface area contributed by atoms with E-state index in [1.54, 1.807) is 58.9 Å². The second kappa shape index (κ2) is 9.21. The molecule has 0 aliphatic carbocycles. The number of nitrogens with zero attached hydrogens (tertiary/aromatic N) is 2. The number of carbonyl (C=O) groups is 1. The first kappa shape index (κ1) is 20.4. The third kappa shape index (κ3) is 5.11. The zero-order valence-corrected chi connectivity index (χ0v) is 16.9. The van der Waals surface area contributed by atoms with Crippen LogP contribution < -0.4 is 0 Å². The minimum Gasteiger partial charge on any atom is -0.467 e. The van der Waals surface area contributed by atoms with Crippen LogP contribution in [0.2, 0.25) is 0 Å². The second-order valence-electron chi connectivity index (χ2n) is 6.99. The average molecular weight is 403 g/mol. The zero-order valence-electron chi connectivity index (χ0n) is 16.1. The zero-order chi connectivity index (χ0) is 20.0. The van der Waals surface area contributed by atoms with Crippen LogP contribution in [0.15, 0.2) is 58.1 Å². The molecule has 1 saturated heterocycles. The maximum absolute atomic E-state index is 12.8. The van der Waals surface area contributed by atoms with Gasteiger partial charge in [0, 0.05) is 26.2 Å². The molecule has 2 aromatic rings. The third-order valence-electron chi connectivity index (χ3n) is 4.85. The van der Waals surface area contributed by atoms with Gasteiger partial charge < -0.3 is 9.32 Å². The third-order valence-corrected chi connectivity index (χ3v) is 6.76. The summed E-state index contributed by atoms with van der Waals surface area (Å²) in [6.07, 6.45) is 8.72. The van der Waals surface area contributed by atoms with Gasteiger partial charge in [-0.2, -0.15) is 4.31 Å². The van der Waals surface area contributed by atoms with E-state index < -0.39 is 10.0 Å². The topological polar surface area (TPSA) is 70.8 Å². The van der Waals surface area contributed by atoms with Crippen LogP contribution in [0, 0.1) is 0 Å². The normalized spacial score (nSPS) is 16.2. The molecule has 1 aliphatic rings. The Morgan fingerprint density at radius 1 is 1.11 bits per heavy atom. The van der Waals surface area contributed by atoms with Gasteiger partial charge in [0.1, 0.15) is 5.76 Å². The number of sulfonamides is 1. The van der Waals surface area contributed by atoms with Crippen LogP contribution in [0.25, 0.3) is 6.08 Å². The molecule has 1 aromatic carbocycles. The van der Waals surface area contributed by atoms with E-state index in [1.807, 2.05) is 6.07 Å². The number of benzene rings is 1. The van der Waals surface area contributed by atoms with Crippen molar-refractivity contribution >= 4 is 22.0 Å². The van der Waals surface area contributed by atoms with E-state index in [0.29, 0.717) is 30.3 Å². The Morgan fingerprint density at radius 2 is 1.79 bits per heavy atom. The minimum absolute atomic E-state index is 0.155. The van der Waals surface area contributed by atoms with E-state index in [2.05, 4.69) is 0 Å². The summed E-state index contributed by atoms with van der Waals surface area (Å²) >= 11 is 0. The first-order valence-electron chi connectivity index (χ1n) is 9.52. The number of furan rings is 1. The molecule has 0 atom stereocenters. The molecule has 7 heteroatoms. The molecule has 0 spiro atoms. The molecule has 150 valence electrons. The van der Waals surface area contributed by atoms with E-state index in [0.717, 1.165) is 31.2 Å². The molecule has 0 saturated carbocycles. The molecule has 0 radical (unpaired) electrons. The summed E-state index contributed by atoms with van der Waals surface area (Å²) in [5.41, 5.74) is 0.773. The number of amides is 1. The summed E-state index contributed by atoms with van der Waals surface area (Å²) in [5.74, 6) is 0.560. The highest BCUT2D eigenvalue weighted by molar-refractivity contribution is 7.89. The summed E-state index contributed by atoms with van der Waals surface area (Å²) < 4.78 is 32.4. The van der Waals surface area contributed by atoms with Crippen molar-refractivity contribution in [1.29, 1.82) is 0 Å². The summed E-state index contributed by atoms with van der Waals surface area (Å²) in [6.45, 7) is 1.56. The maximum atomic E-state index is 12.8. The summed E-state index contributed by atoms with van der Waals surface area (Å²) in [4.78, 5) is 14.1. The van der Waals surface area contributed by atoms with Gasteiger partial charge in [-0.25, -0.2) is 8.42 Å². The van der Waals surface area contributed by atoms with Gasteiger partial charge >= 0.3 is 0 Å². The Bertz CT molecular complexity index is 894. The Hall–Kier alpha value is -2.38. The van der Waals surface area contributed by atoms with Crippen molar-refractivity contribution in [2.75, 3.05) is 20.1 Å². The molecule has 28 heavy (non-hydrogen) atoms. The van der Waals surface area contributed by atoms with Crippen LogP contribution in [0.3, 0.4) is 0 Å². The Morgan fingerprint density at radius 3 is 2.39 bits per heavy atom. The molecule has 1 aliphatic heterocycles. The lowest BCUT2D eigenvalue weighted by Crippen LogP contribution is -2.31. The predicted molar refractivity (Wildman–Crippen MR) is 108 cm³/mol. The van der Waals surface area contributed by atoms with Crippen LogP contribution in [0.4, 0.5) is 0 Å². The van der Waals surface area contributed by atoms with Crippen molar-refractivity contribution in [3.05, 3.63) is 60.1 Å². The fraction of sp³-hybridized carbons (Fsp3) is 0.381. The largest absolute Gasteiger partial charge is 0.467 e. The molecule has 0 bridgehead atoms. The SMILES string of the molecule is CN(Cc1ccco1)C(=O)C=Cc1ccc(S(=O)(=O)N2CCCCCC2)cc1. The fourth-order valence-electron chi connectivity index (χ4n) is 3.19. The van der Waals surface area contributed by atoms with Gasteiger partial charge in [-0.15, -0.1) is 0 Å². The van der Waals surface area contributed by atoms with E-state index in [1.165, 1.54) is 6.08 Å². The van der Waals surface area contributed by atoms with Crippen LogP contribution in [0.5, 0.6) is 0 Å². The summed E-state index contributed by atoms with van der Waals surface area (Å²) in [6, 6.07) is 10.3. The van der Waals surface area contributed by atoms with Crippen molar-refractivity contribution in [2.45, 2.75) is 37.1 Å². The number of likely N-dealkylation sites (N-methyl/N-ethyl adjacent to an activating group) is 1. The Balaban J connectivity index is 1.63. The van der Waals surface area contributed by atoms with Gasteiger partial charge in [0.15, 0.2) is 0 Å². The van der Waals surface area contributed by atoms with Gasteiger partial charge in [0.05, 0.1) is 17.7 Å². The highest BCUT2D eigenvalue weighted by Gasteiger charge is 2.24. The lowest BCUT2D eigenvalue weighted by molar-refractivity contribution is -0.125. The first-order chi connectivity index (χ1) is 13.5. The van der Waals surface area contributed by atoms with Crippen molar-refractivity contribution in [3.63, 3.8) is 0 Å².